The van der Waals surface area contributed by atoms with Gasteiger partial charge in [-0.3, -0.25) is 9.36 Å². The second kappa shape index (κ2) is 11.8. The number of hydrogen-bond donors (Lipinski definition) is 1. The first-order chi connectivity index (χ1) is 19.5. The van der Waals surface area contributed by atoms with Crippen LogP contribution in [0.5, 0.6) is 5.75 Å². The minimum absolute atomic E-state index is 0.271. The molecule has 0 radical (unpaired) electrons. The van der Waals surface area contributed by atoms with E-state index in [9.17, 15) is 14.0 Å². The van der Waals surface area contributed by atoms with Crippen LogP contribution < -0.4 is 15.6 Å². The molecule has 2 amide bonds. The van der Waals surface area contributed by atoms with Gasteiger partial charge in [0.05, 0.1) is 29.7 Å². The summed E-state index contributed by atoms with van der Waals surface area (Å²) in [6, 6.07) is 28.5. The lowest BCUT2D eigenvalue weighted by Gasteiger charge is -2.32. The van der Waals surface area contributed by atoms with E-state index >= 15 is 0 Å². The van der Waals surface area contributed by atoms with Gasteiger partial charge in [-0.05, 0) is 72.6 Å². The molecule has 0 spiro atoms. The van der Waals surface area contributed by atoms with Crippen LogP contribution in [0.2, 0.25) is 0 Å². The maximum Gasteiger partial charge on any atom is 0.322 e. The number of rotatable bonds is 8. The van der Waals surface area contributed by atoms with Crippen LogP contribution in [-0.4, -0.2) is 27.6 Å². The van der Waals surface area contributed by atoms with E-state index < -0.39 is 11.9 Å². The Hall–Kier alpha value is -4.98. The fraction of sp³-hybridized carbons (Fsp3) is 0.156. The Morgan fingerprint density at radius 2 is 1.62 bits per heavy atom. The molecule has 0 aliphatic carbocycles. The highest BCUT2D eigenvalue weighted by molar-refractivity contribution is 5.89. The van der Waals surface area contributed by atoms with Crippen LogP contribution in [-0.2, 0) is 6.54 Å². The molecule has 1 N–H and O–H groups in total. The number of para-hydroxylation sites is 1. The van der Waals surface area contributed by atoms with Gasteiger partial charge < -0.3 is 15.0 Å². The molecule has 40 heavy (non-hydrogen) atoms. The number of carbonyl (C=O) groups excluding carboxylic acids is 1. The number of nitrogens with zero attached hydrogens (tertiary/aromatic N) is 3. The van der Waals surface area contributed by atoms with Gasteiger partial charge in [-0.15, -0.1) is 0 Å². The van der Waals surface area contributed by atoms with E-state index in [-0.39, 0.29) is 18.1 Å². The van der Waals surface area contributed by atoms with Crippen molar-refractivity contribution in [3.05, 3.63) is 131 Å². The number of carbonyl (C=O) groups is 1. The highest BCUT2D eigenvalue weighted by Crippen LogP contribution is 2.29. The van der Waals surface area contributed by atoms with Crippen LogP contribution in [0.25, 0.3) is 16.6 Å². The maximum atomic E-state index is 13.9. The van der Waals surface area contributed by atoms with Gasteiger partial charge in [0.25, 0.3) is 5.56 Å². The summed E-state index contributed by atoms with van der Waals surface area (Å²) in [5, 5.41) is 3.42. The number of urea groups is 1. The van der Waals surface area contributed by atoms with E-state index in [4.69, 9.17) is 9.72 Å². The zero-order valence-electron chi connectivity index (χ0n) is 22.3. The largest absolute Gasteiger partial charge is 0.497 e. The zero-order valence-corrected chi connectivity index (χ0v) is 22.3. The molecule has 7 nitrogen and oxygen atoms in total. The molecule has 0 fully saturated rings. The number of anilines is 1. The smallest absolute Gasteiger partial charge is 0.322 e. The monoisotopic (exact) mass is 536 g/mol. The van der Waals surface area contributed by atoms with Crippen molar-refractivity contribution in [1.29, 1.82) is 0 Å². The molecule has 0 saturated carbocycles. The van der Waals surface area contributed by atoms with Gasteiger partial charge in [-0.25, -0.2) is 14.2 Å². The molecule has 1 aromatic heterocycles. The molecule has 1 heterocycles. The first-order valence-electron chi connectivity index (χ1n) is 13.0. The summed E-state index contributed by atoms with van der Waals surface area (Å²) >= 11 is 0. The van der Waals surface area contributed by atoms with Gasteiger partial charge in [-0.1, -0.05) is 49.4 Å². The molecular formula is C32H29FN4O3. The zero-order chi connectivity index (χ0) is 28.1. The van der Waals surface area contributed by atoms with Gasteiger partial charge in [0.15, 0.2) is 0 Å². The maximum absolute atomic E-state index is 13.9. The van der Waals surface area contributed by atoms with Crippen LogP contribution in [0.3, 0.4) is 0 Å². The number of hydrogen-bond acceptors (Lipinski definition) is 4. The summed E-state index contributed by atoms with van der Waals surface area (Å²) in [4.78, 5) is 34.3. The van der Waals surface area contributed by atoms with Crippen LogP contribution in [0.15, 0.2) is 108 Å². The predicted octanol–water partition coefficient (Wildman–Crippen LogP) is 6.72. The first kappa shape index (κ1) is 26.6. The van der Waals surface area contributed by atoms with Crippen LogP contribution >= 0.6 is 0 Å². The van der Waals surface area contributed by atoms with Crippen molar-refractivity contribution in [3.8, 4) is 11.4 Å². The van der Waals surface area contributed by atoms with E-state index in [1.807, 2.05) is 43.3 Å². The van der Waals surface area contributed by atoms with Gasteiger partial charge in [0.2, 0.25) is 0 Å². The number of halogens is 1. The number of ether oxygens (including phenoxy) is 1. The van der Waals surface area contributed by atoms with Gasteiger partial charge >= 0.3 is 6.03 Å². The van der Waals surface area contributed by atoms with Crippen LogP contribution in [0, 0.1) is 5.82 Å². The molecule has 0 aliphatic rings. The third-order valence-corrected chi connectivity index (χ3v) is 6.75. The summed E-state index contributed by atoms with van der Waals surface area (Å²) in [6.45, 7) is 2.22. The van der Waals surface area contributed by atoms with Crippen LogP contribution in [0.1, 0.15) is 30.8 Å². The summed E-state index contributed by atoms with van der Waals surface area (Å²) in [5.41, 5.74) is 2.21. The number of benzene rings is 4. The third-order valence-electron chi connectivity index (χ3n) is 6.75. The number of fused-ring (bicyclic) bond motifs is 1. The van der Waals surface area contributed by atoms with E-state index in [1.165, 1.54) is 16.7 Å². The number of methoxy groups -OCH3 is 1. The SMILES string of the molecule is CCC(c1nc2ccccc2c(=O)n1-c1ccc(F)cc1)N(Cc1ccccc1)C(=O)Nc1ccc(OC)cc1. The fourth-order valence-electron chi connectivity index (χ4n) is 4.73. The molecule has 1 atom stereocenters. The minimum Gasteiger partial charge on any atom is -0.497 e. The van der Waals surface area contributed by atoms with Gasteiger partial charge in [0.1, 0.15) is 17.4 Å². The van der Waals surface area contributed by atoms with Crippen molar-refractivity contribution in [2.75, 3.05) is 12.4 Å². The van der Waals surface area contributed by atoms with E-state index in [0.29, 0.717) is 40.3 Å². The quantitative estimate of drug-likeness (QED) is 0.239. The van der Waals surface area contributed by atoms with Crippen molar-refractivity contribution in [2.45, 2.75) is 25.9 Å². The highest BCUT2D eigenvalue weighted by atomic mass is 19.1. The average molecular weight is 537 g/mol. The lowest BCUT2D eigenvalue weighted by atomic mass is 10.1. The van der Waals surface area contributed by atoms with Crippen molar-refractivity contribution in [1.82, 2.24) is 14.5 Å². The Morgan fingerprint density at radius 3 is 2.30 bits per heavy atom. The normalized spacial score (nSPS) is 11.7. The number of aromatic nitrogens is 2. The molecule has 202 valence electrons. The molecular weight excluding hydrogens is 507 g/mol. The molecule has 8 heteroatoms. The molecule has 1 unspecified atom stereocenters. The van der Waals surface area contributed by atoms with Crippen molar-refractivity contribution < 1.29 is 13.9 Å². The lowest BCUT2D eigenvalue weighted by molar-refractivity contribution is 0.177. The van der Waals surface area contributed by atoms with Crippen molar-refractivity contribution in [2.24, 2.45) is 0 Å². The average Bonchev–Trinajstić information content (AvgIpc) is 2.99. The second-order valence-electron chi connectivity index (χ2n) is 9.30. The van der Waals surface area contributed by atoms with Gasteiger partial charge in [0, 0.05) is 12.2 Å². The van der Waals surface area contributed by atoms with Gasteiger partial charge in [-0.2, -0.15) is 0 Å². The molecule has 0 saturated heterocycles. The standard InChI is InChI=1S/C32H29FN4O3/c1-3-29(30-35-28-12-8-7-11-27(28)31(38)37(30)25-17-13-23(33)14-18-25)36(21-22-9-5-4-6-10-22)32(39)34-24-15-19-26(40-2)20-16-24/h4-20,29H,3,21H2,1-2H3,(H,34,39). The lowest BCUT2D eigenvalue weighted by Crippen LogP contribution is -2.40. The molecule has 0 aliphatic heterocycles. The molecule has 0 bridgehead atoms. The molecule has 5 rings (SSSR count). The molecule has 5 aromatic rings. The third kappa shape index (κ3) is 5.56. The Balaban J connectivity index is 1.65. The first-order valence-corrected chi connectivity index (χ1v) is 13.0. The Kier molecular flexibility index (Phi) is 7.87. The number of nitrogens with one attached hydrogen (secondary N) is 1. The topological polar surface area (TPSA) is 76.5 Å². The van der Waals surface area contributed by atoms with E-state index in [2.05, 4.69) is 5.32 Å². The van der Waals surface area contributed by atoms with Crippen molar-refractivity contribution in [3.63, 3.8) is 0 Å². The number of amides is 2. The van der Waals surface area contributed by atoms with Crippen LogP contribution in [0.4, 0.5) is 14.9 Å². The second-order valence-corrected chi connectivity index (χ2v) is 9.30. The Labute approximate surface area is 231 Å². The Bertz CT molecular complexity index is 1670. The fourth-order valence-corrected chi connectivity index (χ4v) is 4.73. The summed E-state index contributed by atoms with van der Waals surface area (Å²) in [7, 11) is 1.58. The predicted molar refractivity (Wildman–Crippen MR) is 154 cm³/mol. The van der Waals surface area contributed by atoms with E-state index in [1.54, 1.807) is 66.6 Å². The minimum atomic E-state index is -0.596. The van der Waals surface area contributed by atoms with Crippen molar-refractivity contribution >= 4 is 22.6 Å². The summed E-state index contributed by atoms with van der Waals surface area (Å²) in [5.74, 6) is 0.650. The van der Waals surface area contributed by atoms with E-state index in [0.717, 1.165) is 5.56 Å². The highest BCUT2D eigenvalue weighted by Gasteiger charge is 2.29. The summed E-state index contributed by atoms with van der Waals surface area (Å²) in [6.07, 6.45) is 0.467. The summed E-state index contributed by atoms with van der Waals surface area (Å²) < 4.78 is 20.6. The Morgan fingerprint density at radius 1 is 0.950 bits per heavy atom. The molecule has 4 aromatic carbocycles.